The van der Waals surface area contributed by atoms with Crippen LogP contribution in [0.15, 0.2) is 47.1 Å². The van der Waals surface area contributed by atoms with Crippen LogP contribution in [0.3, 0.4) is 0 Å². The van der Waals surface area contributed by atoms with Crippen LogP contribution in [-0.2, 0) is 4.74 Å². The number of carbonyl (C=O) groups excluding carboxylic acids is 2. The van der Waals surface area contributed by atoms with E-state index in [1.54, 1.807) is 36.7 Å². The SMILES string of the molecule is COC(=O)c1ccccc1-c1cncc2cc(C=O)oc12. The molecule has 0 spiro atoms. The number of furan rings is 1. The van der Waals surface area contributed by atoms with Crippen molar-refractivity contribution in [2.24, 2.45) is 0 Å². The second-order valence-corrected chi connectivity index (χ2v) is 4.41. The molecule has 0 aliphatic carbocycles. The van der Waals surface area contributed by atoms with E-state index in [2.05, 4.69) is 4.98 Å². The molecule has 2 aromatic heterocycles. The smallest absolute Gasteiger partial charge is 0.338 e. The topological polar surface area (TPSA) is 69.4 Å². The van der Waals surface area contributed by atoms with Crippen LogP contribution in [0.5, 0.6) is 0 Å². The van der Waals surface area contributed by atoms with Crippen molar-refractivity contribution in [2.45, 2.75) is 0 Å². The zero-order valence-corrected chi connectivity index (χ0v) is 11.2. The Labute approximate surface area is 120 Å². The summed E-state index contributed by atoms with van der Waals surface area (Å²) < 4.78 is 10.3. The summed E-state index contributed by atoms with van der Waals surface area (Å²) in [6.07, 6.45) is 3.84. The largest absolute Gasteiger partial charge is 0.465 e. The van der Waals surface area contributed by atoms with Crippen LogP contribution in [-0.4, -0.2) is 24.3 Å². The second kappa shape index (κ2) is 5.20. The van der Waals surface area contributed by atoms with Gasteiger partial charge in [-0.25, -0.2) is 4.79 Å². The van der Waals surface area contributed by atoms with E-state index in [4.69, 9.17) is 9.15 Å². The molecule has 0 amide bonds. The number of ether oxygens (including phenoxy) is 1. The molecule has 0 aliphatic heterocycles. The summed E-state index contributed by atoms with van der Waals surface area (Å²) in [5.74, 6) is -0.223. The molecule has 0 radical (unpaired) electrons. The third-order valence-electron chi connectivity index (χ3n) is 3.18. The quantitative estimate of drug-likeness (QED) is 0.545. The molecule has 0 bridgehead atoms. The maximum Gasteiger partial charge on any atom is 0.338 e. The summed E-state index contributed by atoms with van der Waals surface area (Å²) in [6, 6.07) is 8.63. The number of pyridine rings is 1. The van der Waals surface area contributed by atoms with Crippen LogP contribution in [0.2, 0.25) is 0 Å². The summed E-state index contributed by atoms with van der Waals surface area (Å²) in [7, 11) is 1.33. The molecule has 1 aromatic carbocycles. The van der Waals surface area contributed by atoms with Gasteiger partial charge in [-0.2, -0.15) is 0 Å². The molecule has 0 N–H and O–H groups in total. The molecule has 3 aromatic rings. The Morgan fingerprint density at radius 2 is 2.05 bits per heavy atom. The van der Waals surface area contributed by atoms with Crippen LogP contribution >= 0.6 is 0 Å². The standard InChI is InChI=1S/C16H11NO4/c1-20-16(19)13-5-3-2-4-12(13)14-8-17-7-10-6-11(9-18)21-15(10)14/h2-9H,1H3. The summed E-state index contributed by atoms with van der Waals surface area (Å²) in [6.45, 7) is 0. The number of aldehydes is 1. The first kappa shape index (κ1) is 13.1. The minimum Gasteiger partial charge on any atom is -0.465 e. The molecular formula is C16H11NO4. The highest BCUT2D eigenvalue weighted by Gasteiger charge is 2.17. The van der Waals surface area contributed by atoms with E-state index < -0.39 is 5.97 Å². The lowest BCUT2D eigenvalue weighted by Crippen LogP contribution is -2.03. The summed E-state index contributed by atoms with van der Waals surface area (Å²) in [5, 5.41) is 0.703. The first-order valence-corrected chi connectivity index (χ1v) is 6.25. The molecule has 5 nitrogen and oxygen atoms in total. The van der Waals surface area contributed by atoms with Gasteiger partial charge in [-0.3, -0.25) is 9.78 Å². The van der Waals surface area contributed by atoms with Crippen LogP contribution in [0.25, 0.3) is 22.1 Å². The molecule has 0 unspecified atom stereocenters. The third kappa shape index (κ3) is 2.18. The highest BCUT2D eigenvalue weighted by atomic mass is 16.5. The van der Waals surface area contributed by atoms with E-state index in [9.17, 15) is 9.59 Å². The van der Waals surface area contributed by atoms with E-state index in [-0.39, 0.29) is 5.76 Å². The molecule has 2 heterocycles. The average Bonchev–Trinajstić information content (AvgIpc) is 2.97. The summed E-state index contributed by atoms with van der Waals surface area (Å²) in [4.78, 5) is 26.9. The minimum absolute atomic E-state index is 0.217. The van der Waals surface area contributed by atoms with Crippen molar-refractivity contribution in [3.8, 4) is 11.1 Å². The highest BCUT2D eigenvalue weighted by molar-refractivity contribution is 6.02. The van der Waals surface area contributed by atoms with Crippen molar-refractivity contribution in [1.82, 2.24) is 4.98 Å². The van der Waals surface area contributed by atoms with Crippen molar-refractivity contribution < 1.29 is 18.7 Å². The first-order valence-electron chi connectivity index (χ1n) is 6.25. The van der Waals surface area contributed by atoms with Crippen molar-refractivity contribution in [2.75, 3.05) is 7.11 Å². The zero-order valence-electron chi connectivity index (χ0n) is 11.2. The fourth-order valence-electron chi connectivity index (χ4n) is 2.24. The van der Waals surface area contributed by atoms with Crippen molar-refractivity contribution in [3.63, 3.8) is 0 Å². The lowest BCUT2D eigenvalue weighted by Gasteiger charge is -2.07. The molecule has 0 aliphatic rings. The zero-order chi connectivity index (χ0) is 14.8. The van der Waals surface area contributed by atoms with E-state index >= 15 is 0 Å². The van der Waals surface area contributed by atoms with Gasteiger partial charge in [0.15, 0.2) is 12.0 Å². The van der Waals surface area contributed by atoms with Crippen LogP contribution in [0.4, 0.5) is 0 Å². The van der Waals surface area contributed by atoms with Gasteiger partial charge in [-0.1, -0.05) is 18.2 Å². The molecule has 21 heavy (non-hydrogen) atoms. The average molecular weight is 281 g/mol. The van der Waals surface area contributed by atoms with Crippen molar-refractivity contribution in [3.05, 3.63) is 54.0 Å². The van der Waals surface area contributed by atoms with Crippen LogP contribution in [0.1, 0.15) is 20.9 Å². The molecular weight excluding hydrogens is 270 g/mol. The van der Waals surface area contributed by atoms with Gasteiger partial charge >= 0.3 is 5.97 Å². The van der Waals surface area contributed by atoms with E-state index in [0.717, 1.165) is 0 Å². The number of nitrogens with zero attached hydrogens (tertiary/aromatic N) is 1. The van der Waals surface area contributed by atoms with E-state index in [0.29, 0.717) is 33.9 Å². The Kier molecular flexibility index (Phi) is 3.23. The Morgan fingerprint density at radius 1 is 1.24 bits per heavy atom. The van der Waals surface area contributed by atoms with Gasteiger partial charge in [0.25, 0.3) is 0 Å². The molecule has 0 saturated carbocycles. The number of aromatic nitrogens is 1. The van der Waals surface area contributed by atoms with Gasteiger partial charge in [0.2, 0.25) is 0 Å². The highest BCUT2D eigenvalue weighted by Crippen LogP contribution is 2.32. The number of methoxy groups -OCH3 is 1. The monoisotopic (exact) mass is 281 g/mol. The third-order valence-corrected chi connectivity index (χ3v) is 3.18. The van der Waals surface area contributed by atoms with Crippen molar-refractivity contribution in [1.29, 1.82) is 0 Å². The molecule has 5 heteroatoms. The predicted octanol–water partition coefficient (Wildman–Crippen LogP) is 3.09. The van der Waals surface area contributed by atoms with Gasteiger partial charge < -0.3 is 9.15 Å². The number of hydrogen-bond acceptors (Lipinski definition) is 5. The second-order valence-electron chi connectivity index (χ2n) is 4.41. The Morgan fingerprint density at radius 3 is 2.81 bits per heavy atom. The van der Waals surface area contributed by atoms with E-state index in [1.807, 2.05) is 6.07 Å². The number of carbonyl (C=O) groups is 2. The van der Waals surface area contributed by atoms with E-state index in [1.165, 1.54) is 7.11 Å². The molecule has 3 rings (SSSR count). The fraction of sp³-hybridized carbons (Fsp3) is 0.0625. The summed E-state index contributed by atoms with van der Waals surface area (Å²) >= 11 is 0. The number of fused-ring (bicyclic) bond motifs is 1. The Balaban J connectivity index is 2.28. The molecule has 0 fully saturated rings. The minimum atomic E-state index is -0.440. The van der Waals surface area contributed by atoms with Gasteiger partial charge in [-0.05, 0) is 12.1 Å². The lowest BCUT2D eigenvalue weighted by molar-refractivity contribution is 0.0601. The van der Waals surface area contributed by atoms with Crippen LogP contribution < -0.4 is 0 Å². The van der Waals surface area contributed by atoms with Gasteiger partial charge in [0.1, 0.15) is 5.58 Å². The predicted molar refractivity (Wildman–Crippen MR) is 76.2 cm³/mol. The lowest BCUT2D eigenvalue weighted by atomic mass is 10.00. The number of esters is 1. The normalized spacial score (nSPS) is 10.5. The maximum atomic E-state index is 11.9. The maximum absolute atomic E-state index is 11.9. The van der Waals surface area contributed by atoms with Gasteiger partial charge in [-0.15, -0.1) is 0 Å². The van der Waals surface area contributed by atoms with Gasteiger partial charge in [0, 0.05) is 28.9 Å². The number of hydrogen-bond donors (Lipinski definition) is 0. The molecule has 0 atom stereocenters. The Bertz CT molecular complexity index is 835. The van der Waals surface area contributed by atoms with Crippen LogP contribution in [0, 0.1) is 0 Å². The Hall–Kier alpha value is -2.95. The number of benzene rings is 1. The number of rotatable bonds is 3. The summed E-state index contributed by atoms with van der Waals surface area (Å²) in [5.41, 5.74) is 2.22. The molecule has 0 saturated heterocycles. The first-order chi connectivity index (χ1) is 10.2. The van der Waals surface area contributed by atoms with Crippen molar-refractivity contribution >= 4 is 23.2 Å². The molecule has 104 valence electrons. The van der Waals surface area contributed by atoms with Gasteiger partial charge in [0.05, 0.1) is 12.7 Å². The fourth-order valence-corrected chi connectivity index (χ4v) is 2.24.